The van der Waals surface area contributed by atoms with E-state index in [1.54, 1.807) is 26.0 Å². The number of nitrogens with zero attached hydrogens (tertiary/aromatic N) is 2. The highest BCUT2D eigenvalue weighted by atomic mass is 32.1. The van der Waals surface area contributed by atoms with Crippen molar-refractivity contribution in [2.24, 2.45) is 5.92 Å². The highest BCUT2D eigenvalue weighted by molar-refractivity contribution is 7.17. The molecule has 3 aromatic rings. The van der Waals surface area contributed by atoms with Crippen molar-refractivity contribution in [1.82, 2.24) is 4.90 Å². The number of carbonyl (C=O) groups is 4. The Bertz CT molecular complexity index is 1770. The Balaban J connectivity index is 1.29. The highest BCUT2D eigenvalue weighted by Crippen LogP contribution is 2.47. The number of imide groups is 1. The molecule has 1 aromatic heterocycles. The van der Waals surface area contributed by atoms with E-state index in [1.165, 1.54) is 23.5 Å². The van der Waals surface area contributed by atoms with Crippen LogP contribution < -0.4 is 10.1 Å². The zero-order valence-electron chi connectivity index (χ0n) is 26.4. The summed E-state index contributed by atoms with van der Waals surface area (Å²) in [5, 5.41) is 13.2. The smallest absolute Gasteiger partial charge is 0.330 e. The third-order valence-corrected chi connectivity index (χ3v) is 9.39. The van der Waals surface area contributed by atoms with Gasteiger partial charge in [-0.3, -0.25) is 19.3 Å². The summed E-state index contributed by atoms with van der Waals surface area (Å²) in [4.78, 5) is 54.0. The van der Waals surface area contributed by atoms with Crippen LogP contribution in [0.4, 0.5) is 5.00 Å². The average Bonchev–Trinajstić information content (AvgIpc) is 3.50. The Kier molecular flexibility index (Phi) is 9.26. The van der Waals surface area contributed by atoms with Crippen LogP contribution >= 0.6 is 11.3 Å². The molecule has 0 saturated heterocycles. The van der Waals surface area contributed by atoms with E-state index in [9.17, 15) is 24.4 Å². The molecule has 0 unspecified atom stereocenters. The molecule has 1 aliphatic heterocycles. The number of hydrogen-bond donors (Lipinski definition) is 1. The van der Waals surface area contributed by atoms with Gasteiger partial charge in [0.2, 0.25) is 0 Å². The first kappa shape index (κ1) is 32.4. The Morgan fingerprint density at radius 3 is 2.30 bits per heavy atom. The fourth-order valence-corrected chi connectivity index (χ4v) is 7.03. The number of allylic oxidation sites excluding steroid dienone is 2. The summed E-state index contributed by atoms with van der Waals surface area (Å²) in [6.07, 6.45) is 6.77. The van der Waals surface area contributed by atoms with E-state index < -0.39 is 42.3 Å². The van der Waals surface area contributed by atoms with E-state index in [4.69, 9.17) is 9.47 Å². The molecule has 5 rings (SSSR count). The number of benzene rings is 2. The predicted molar refractivity (Wildman–Crippen MR) is 176 cm³/mol. The maximum atomic E-state index is 13.2. The Hall–Kier alpha value is -5.01. The minimum Gasteiger partial charge on any atom is -0.494 e. The Labute approximate surface area is 272 Å². The van der Waals surface area contributed by atoms with Crippen molar-refractivity contribution in [3.8, 4) is 11.8 Å². The Morgan fingerprint density at radius 1 is 1.07 bits per heavy atom. The van der Waals surface area contributed by atoms with Gasteiger partial charge in [0.15, 0.2) is 6.61 Å². The van der Waals surface area contributed by atoms with Crippen LogP contribution in [0.1, 0.15) is 83.3 Å². The number of nitrogens with one attached hydrogen (secondary N) is 1. The third kappa shape index (κ3) is 6.37. The largest absolute Gasteiger partial charge is 0.494 e. The molecule has 10 heteroatoms. The quantitative estimate of drug-likeness (QED) is 0.196. The number of anilines is 1. The van der Waals surface area contributed by atoms with Gasteiger partial charge in [0.1, 0.15) is 22.9 Å². The average molecular weight is 638 g/mol. The summed E-state index contributed by atoms with van der Waals surface area (Å²) < 4.78 is 10.8. The molecule has 1 N–H and O–H groups in total. The fraction of sp³-hybridized carbons (Fsp3) is 0.306. The van der Waals surface area contributed by atoms with Crippen LogP contribution in [0.25, 0.3) is 12.2 Å². The topological polar surface area (TPSA) is 126 Å². The highest BCUT2D eigenvalue weighted by Gasteiger charge is 2.45. The SMILES string of the molecule is CCOc1ccc(/C=C/C2=Cc3c(sc(NC(=O)COC(=O)[C@@H](C(C)C)N4C(=O)c5ccccc5C4=O)c3C#N)C(C)(C)C2)cc1. The molecule has 1 atom stereocenters. The third-order valence-electron chi connectivity index (χ3n) is 7.90. The molecular formula is C36H35N3O6S. The molecule has 2 heterocycles. The Morgan fingerprint density at radius 2 is 1.72 bits per heavy atom. The minimum absolute atomic E-state index is 0.223. The van der Waals surface area contributed by atoms with E-state index >= 15 is 0 Å². The van der Waals surface area contributed by atoms with Gasteiger partial charge in [-0.05, 0) is 60.7 Å². The summed E-state index contributed by atoms with van der Waals surface area (Å²) in [7, 11) is 0. The van der Waals surface area contributed by atoms with Gasteiger partial charge in [-0.1, -0.05) is 64.1 Å². The van der Waals surface area contributed by atoms with Crippen LogP contribution in [-0.2, 0) is 19.7 Å². The predicted octanol–water partition coefficient (Wildman–Crippen LogP) is 6.60. The summed E-state index contributed by atoms with van der Waals surface area (Å²) in [6, 6.07) is 15.2. The van der Waals surface area contributed by atoms with Crippen molar-refractivity contribution in [2.45, 2.75) is 52.5 Å². The van der Waals surface area contributed by atoms with Crippen molar-refractivity contribution >= 4 is 52.2 Å². The van der Waals surface area contributed by atoms with Crippen LogP contribution in [0, 0.1) is 17.2 Å². The van der Waals surface area contributed by atoms with Gasteiger partial charge < -0.3 is 14.8 Å². The lowest BCUT2D eigenvalue weighted by atomic mass is 9.77. The molecule has 3 amide bonds. The van der Waals surface area contributed by atoms with Crippen molar-refractivity contribution < 1.29 is 28.7 Å². The van der Waals surface area contributed by atoms with Gasteiger partial charge in [0.25, 0.3) is 17.7 Å². The fourth-order valence-electron chi connectivity index (χ4n) is 5.78. The van der Waals surface area contributed by atoms with E-state index in [1.807, 2.05) is 49.4 Å². The number of fused-ring (bicyclic) bond motifs is 2. The molecule has 46 heavy (non-hydrogen) atoms. The van der Waals surface area contributed by atoms with Crippen LogP contribution in [0.3, 0.4) is 0 Å². The van der Waals surface area contributed by atoms with E-state index in [2.05, 4.69) is 25.2 Å². The molecule has 236 valence electrons. The van der Waals surface area contributed by atoms with Gasteiger partial charge in [0, 0.05) is 15.9 Å². The van der Waals surface area contributed by atoms with Crippen LogP contribution in [0.15, 0.2) is 60.2 Å². The van der Waals surface area contributed by atoms with Gasteiger partial charge in [-0.15, -0.1) is 11.3 Å². The van der Waals surface area contributed by atoms with Crippen molar-refractivity contribution in [3.63, 3.8) is 0 Å². The first-order valence-electron chi connectivity index (χ1n) is 15.1. The first-order valence-corrected chi connectivity index (χ1v) is 15.9. The second-order valence-corrected chi connectivity index (χ2v) is 13.2. The lowest BCUT2D eigenvalue weighted by Crippen LogP contribution is -2.49. The molecule has 0 bridgehead atoms. The minimum atomic E-state index is -1.20. The number of carbonyl (C=O) groups excluding carboxylic acids is 4. The first-order chi connectivity index (χ1) is 21.9. The number of esters is 1. The van der Waals surface area contributed by atoms with Gasteiger partial charge >= 0.3 is 5.97 Å². The number of rotatable bonds is 10. The normalized spacial score (nSPS) is 15.7. The standard InChI is InChI=1S/C36H35N3O6S/c1-6-44-24-15-13-22(14-16-24)11-12-23-17-27-28(19-37)32(46-31(27)36(4,5)18-23)38-29(40)20-45-35(43)30(21(2)3)39-33(41)25-9-7-8-10-26(25)34(39)42/h7-17,21,30H,6,18,20H2,1-5H3,(H,38,40)/b12-11+/t30-/m1/s1. The second kappa shape index (κ2) is 13.2. The molecule has 9 nitrogen and oxygen atoms in total. The second-order valence-electron chi connectivity index (χ2n) is 12.1. The summed E-state index contributed by atoms with van der Waals surface area (Å²) in [6.45, 7) is 9.49. The van der Waals surface area contributed by atoms with E-state index in [-0.39, 0.29) is 16.5 Å². The number of nitriles is 1. The summed E-state index contributed by atoms with van der Waals surface area (Å²) >= 11 is 1.33. The van der Waals surface area contributed by atoms with Crippen LogP contribution in [0.2, 0.25) is 0 Å². The molecular weight excluding hydrogens is 602 g/mol. The molecule has 0 radical (unpaired) electrons. The maximum absolute atomic E-state index is 13.2. The summed E-state index contributed by atoms with van der Waals surface area (Å²) in [5.74, 6) is -2.30. The van der Waals surface area contributed by atoms with Crippen molar-refractivity contribution in [1.29, 1.82) is 5.26 Å². The lowest BCUT2D eigenvalue weighted by Gasteiger charge is -2.29. The monoisotopic (exact) mass is 637 g/mol. The van der Waals surface area contributed by atoms with Crippen molar-refractivity contribution in [2.75, 3.05) is 18.5 Å². The molecule has 1 aliphatic carbocycles. The summed E-state index contributed by atoms with van der Waals surface area (Å²) in [5.41, 5.74) is 3.30. The van der Waals surface area contributed by atoms with E-state index in [0.717, 1.165) is 38.6 Å². The van der Waals surface area contributed by atoms with Crippen LogP contribution in [0.5, 0.6) is 5.75 Å². The molecule has 0 spiro atoms. The number of hydrogen-bond acceptors (Lipinski definition) is 8. The molecule has 0 saturated carbocycles. The number of thiophene rings is 1. The number of amides is 3. The zero-order chi connectivity index (χ0) is 33.2. The van der Waals surface area contributed by atoms with Gasteiger partial charge in [-0.25, -0.2) is 4.79 Å². The molecule has 0 fully saturated rings. The zero-order valence-corrected chi connectivity index (χ0v) is 27.2. The lowest BCUT2D eigenvalue weighted by molar-refractivity contribution is -0.152. The van der Waals surface area contributed by atoms with Crippen LogP contribution in [-0.4, -0.2) is 47.8 Å². The van der Waals surface area contributed by atoms with Gasteiger partial charge in [-0.2, -0.15) is 5.26 Å². The molecule has 2 aromatic carbocycles. The number of ether oxygens (including phenoxy) is 2. The van der Waals surface area contributed by atoms with Crippen molar-refractivity contribution in [3.05, 3.63) is 92.9 Å². The van der Waals surface area contributed by atoms with Gasteiger partial charge in [0.05, 0.1) is 23.3 Å². The molecule has 2 aliphatic rings. The maximum Gasteiger partial charge on any atom is 0.330 e. The van der Waals surface area contributed by atoms with E-state index in [0.29, 0.717) is 17.2 Å².